The molecular weight excluding hydrogens is 294 g/mol. The molecule has 2 aromatic heterocycles. The van der Waals surface area contributed by atoms with E-state index in [9.17, 15) is 4.79 Å². The molecule has 0 unspecified atom stereocenters. The fourth-order valence-corrected chi connectivity index (χ4v) is 2.36. The molecule has 0 saturated heterocycles. The highest BCUT2D eigenvalue weighted by Gasteiger charge is 2.17. The van der Waals surface area contributed by atoms with Gasteiger partial charge in [-0.1, -0.05) is 12.7 Å². The molecule has 5 heteroatoms. The summed E-state index contributed by atoms with van der Waals surface area (Å²) in [6.45, 7) is 4.39. The SMILES string of the molecule is C=CCOc1cc(C(=O)N(C)Cc2ccco2)cc2occc12. The van der Waals surface area contributed by atoms with E-state index in [2.05, 4.69) is 6.58 Å². The smallest absolute Gasteiger partial charge is 0.254 e. The van der Waals surface area contributed by atoms with Crippen molar-refractivity contribution in [1.29, 1.82) is 0 Å². The molecule has 0 aliphatic heterocycles. The van der Waals surface area contributed by atoms with Crippen LogP contribution in [0.1, 0.15) is 16.1 Å². The van der Waals surface area contributed by atoms with E-state index in [4.69, 9.17) is 13.6 Å². The van der Waals surface area contributed by atoms with Gasteiger partial charge in [0.05, 0.1) is 24.5 Å². The predicted molar refractivity (Wildman–Crippen MR) is 86.4 cm³/mol. The molecule has 0 bridgehead atoms. The molecule has 1 aromatic carbocycles. The molecule has 23 heavy (non-hydrogen) atoms. The Morgan fingerprint density at radius 2 is 2.17 bits per heavy atom. The zero-order chi connectivity index (χ0) is 16.2. The van der Waals surface area contributed by atoms with Crippen molar-refractivity contribution in [2.45, 2.75) is 6.54 Å². The van der Waals surface area contributed by atoms with Gasteiger partial charge in [0.1, 0.15) is 23.7 Å². The number of nitrogens with zero attached hydrogens (tertiary/aromatic N) is 1. The maximum absolute atomic E-state index is 12.6. The molecule has 3 aromatic rings. The van der Waals surface area contributed by atoms with E-state index in [0.717, 1.165) is 11.1 Å². The summed E-state index contributed by atoms with van der Waals surface area (Å²) in [5.74, 6) is 1.19. The summed E-state index contributed by atoms with van der Waals surface area (Å²) < 4.78 is 16.3. The topological polar surface area (TPSA) is 55.8 Å². The largest absolute Gasteiger partial charge is 0.489 e. The first-order chi connectivity index (χ1) is 11.2. The lowest BCUT2D eigenvalue weighted by atomic mass is 10.1. The molecular formula is C18H17NO4. The minimum absolute atomic E-state index is 0.136. The molecule has 2 heterocycles. The van der Waals surface area contributed by atoms with Gasteiger partial charge in [-0.15, -0.1) is 0 Å². The van der Waals surface area contributed by atoms with Crippen LogP contribution in [0.3, 0.4) is 0 Å². The third-order valence-corrected chi connectivity index (χ3v) is 3.46. The van der Waals surface area contributed by atoms with Gasteiger partial charge < -0.3 is 18.5 Å². The molecule has 5 nitrogen and oxygen atoms in total. The average molecular weight is 311 g/mol. The quantitative estimate of drug-likeness (QED) is 0.649. The highest BCUT2D eigenvalue weighted by atomic mass is 16.5. The van der Waals surface area contributed by atoms with Crippen LogP contribution in [0.4, 0.5) is 0 Å². The first-order valence-electron chi connectivity index (χ1n) is 7.22. The molecule has 0 fully saturated rings. The number of furan rings is 2. The van der Waals surface area contributed by atoms with Gasteiger partial charge in [-0.2, -0.15) is 0 Å². The van der Waals surface area contributed by atoms with Crippen LogP contribution in [0.5, 0.6) is 5.75 Å². The molecule has 0 N–H and O–H groups in total. The molecule has 0 aliphatic rings. The normalized spacial score (nSPS) is 10.7. The summed E-state index contributed by atoms with van der Waals surface area (Å²) in [6.07, 6.45) is 4.82. The van der Waals surface area contributed by atoms with Crippen LogP contribution in [0.25, 0.3) is 11.0 Å². The van der Waals surface area contributed by atoms with Crippen LogP contribution in [0.2, 0.25) is 0 Å². The lowest BCUT2D eigenvalue weighted by Crippen LogP contribution is -2.26. The van der Waals surface area contributed by atoms with Crippen molar-refractivity contribution in [3.63, 3.8) is 0 Å². The first-order valence-corrected chi connectivity index (χ1v) is 7.22. The molecule has 0 spiro atoms. The number of fused-ring (bicyclic) bond motifs is 1. The van der Waals surface area contributed by atoms with Crippen molar-refractivity contribution >= 4 is 16.9 Å². The van der Waals surface area contributed by atoms with Gasteiger partial charge in [0.2, 0.25) is 0 Å². The van der Waals surface area contributed by atoms with Crippen molar-refractivity contribution < 1.29 is 18.4 Å². The molecule has 0 atom stereocenters. The van der Waals surface area contributed by atoms with Gasteiger partial charge in [-0.3, -0.25) is 4.79 Å². The van der Waals surface area contributed by atoms with E-state index in [1.807, 2.05) is 12.1 Å². The van der Waals surface area contributed by atoms with E-state index >= 15 is 0 Å². The minimum atomic E-state index is -0.136. The van der Waals surface area contributed by atoms with Crippen molar-refractivity contribution in [2.24, 2.45) is 0 Å². The molecule has 0 aliphatic carbocycles. The molecule has 1 amide bonds. The number of hydrogen-bond acceptors (Lipinski definition) is 4. The van der Waals surface area contributed by atoms with Crippen LogP contribution in [0, 0.1) is 0 Å². The second kappa shape index (κ2) is 6.44. The third-order valence-electron chi connectivity index (χ3n) is 3.46. The number of carbonyl (C=O) groups excluding carboxylic acids is 1. The number of rotatable bonds is 6. The Kier molecular flexibility index (Phi) is 4.19. The van der Waals surface area contributed by atoms with Crippen LogP contribution >= 0.6 is 0 Å². The Labute approximate surface area is 133 Å². The Balaban J connectivity index is 1.88. The minimum Gasteiger partial charge on any atom is -0.489 e. The van der Waals surface area contributed by atoms with E-state index in [-0.39, 0.29) is 5.91 Å². The van der Waals surface area contributed by atoms with Crippen molar-refractivity contribution in [3.8, 4) is 5.75 Å². The number of carbonyl (C=O) groups is 1. The summed E-state index contributed by atoms with van der Waals surface area (Å²) in [5, 5.41) is 0.831. The van der Waals surface area contributed by atoms with Gasteiger partial charge in [-0.05, 0) is 30.3 Å². The molecule has 118 valence electrons. The fourth-order valence-electron chi connectivity index (χ4n) is 2.36. The zero-order valence-electron chi connectivity index (χ0n) is 12.8. The number of benzene rings is 1. The zero-order valence-corrected chi connectivity index (χ0v) is 12.8. The maximum atomic E-state index is 12.6. The second-order valence-electron chi connectivity index (χ2n) is 5.15. The van der Waals surface area contributed by atoms with Crippen molar-refractivity contribution in [2.75, 3.05) is 13.7 Å². The lowest BCUT2D eigenvalue weighted by molar-refractivity contribution is 0.0775. The predicted octanol–water partition coefficient (Wildman–Crippen LogP) is 3.86. The third kappa shape index (κ3) is 3.13. The summed E-state index contributed by atoms with van der Waals surface area (Å²) in [7, 11) is 1.72. The van der Waals surface area contributed by atoms with Gasteiger partial charge in [0.15, 0.2) is 0 Å². The van der Waals surface area contributed by atoms with E-state index < -0.39 is 0 Å². The highest BCUT2D eigenvalue weighted by Crippen LogP contribution is 2.29. The van der Waals surface area contributed by atoms with Crippen molar-refractivity contribution in [3.05, 3.63) is 66.8 Å². The average Bonchev–Trinajstić information content (AvgIpc) is 3.22. The Morgan fingerprint density at radius 1 is 1.30 bits per heavy atom. The number of amides is 1. The van der Waals surface area contributed by atoms with Crippen LogP contribution in [-0.4, -0.2) is 24.5 Å². The van der Waals surface area contributed by atoms with Crippen LogP contribution in [-0.2, 0) is 6.54 Å². The molecule has 3 rings (SSSR count). The standard InChI is InChI=1S/C18H17NO4/c1-3-7-22-16-10-13(11-17-15(16)6-9-23-17)18(20)19(2)12-14-5-4-8-21-14/h3-6,8-11H,1,7,12H2,2H3. The van der Waals surface area contributed by atoms with Crippen molar-refractivity contribution in [1.82, 2.24) is 4.90 Å². The van der Waals surface area contributed by atoms with E-state index in [1.54, 1.807) is 48.7 Å². The van der Waals surface area contributed by atoms with Gasteiger partial charge in [0, 0.05) is 12.6 Å². The number of ether oxygens (including phenoxy) is 1. The Morgan fingerprint density at radius 3 is 2.91 bits per heavy atom. The van der Waals surface area contributed by atoms with E-state index in [0.29, 0.717) is 30.0 Å². The van der Waals surface area contributed by atoms with E-state index in [1.165, 1.54) is 0 Å². The summed E-state index contributed by atoms with van der Waals surface area (Å²) in [6, 6.07) is 8.88. The second-order valence-corrected chi connectivity index (χ2v) is 5.15. The Hall–Kier alpha value is -2.95. The summed E-state index contributed by atoms with van der Waals surface area (Å²) >= 11 is 0. The Bertz CT molecular complexity index is 817. The first kappa shape index (κ1) is 15.0. The van der Waals surface area contributed by atoms with Gasteiger partial charge in [-0.25, -0.2) is 0 Å². The van der Waals surface area contributed by atoms with Crippen LogP contribution < -0.4 is 4.74 Å². The maximum Gasteiger partial charge on any atom is 0.254 e. The molecule has 0 saturated carbocycles. The van der Waals surface area contributed by atoms with Crippen LogP contribution in [0.15, 0.2) is 64.3 Å². The monoisotopic (exact) mass is 311 g/mol. The summed E-state index contributed by atoms with van der Waals surface area (Å²) in [4.78, 5) is 14.2. The number of hydrogen-bond donors (Lipinski definition) is 0. The molecule has 0 radical (unpaired) electrons. The summed E-state index contributed by atoms with van der Waals surface area (Å²) in [5.41, 5.74) is 1.11. The van der Waals surface area contributed by atoms with Gasteiger partial charge in [0.25, 0.3) is 5.91 Å². The fraction of sp³-hybridized carbons (Fsp3) is 0.167. The highest BCUT2D eigenvalue weighted by molar-refractivity contribution is 5.99. The lowest BCUT2D eigenvalue weighted by Gasteiger charge is -2.16. The van der Waals surface area contributed by atoms with Gasteiger partial charge >= 0.3 is 0 Å².